The van der Waals surface area contributed by atoms with Gasteiger partial charge in [-0.3, -0.25) is 4.79 Å². The Morgan fingerprint density at radius 1 is 1.19 bits per heavy atom. The minimum atomic E-state index is -0.0129. The van der Waals surface area contributed by atoms with Crippen LogP contribution in [-0.2, 0) is 4.79 Å². The Balaban J connectivity index is 0.00000480. The number of nitrogens with zero attached hydrogens (tertiary/aromatic N) is 2. The van der Waals surface area contributed by atoms with Gasteiger partial charge in [-0.2, -0.15) is 0 Å². The Bertz CT molecular complexity index is 686. The Hall–Kier alpha value is -1.51. The quantitative estimate of drug-likeness (QED) is 0.276. The standard InChI is InChI=1S/C24H40N4O2.HI/c1-6-20(7-2)23(29)28-15-13-21(14-16-28)27-24(25-8-3)26-17-19(5)30-22-12-10-9-11-18(22)4;/h9-12,19-21H,6-8,13-17H2,1-5H3,(H2,25,26,27);1H. The number of rotatable bonds is 9. The number of ether oxygens (including phenoxy) is 1. The maximum atomic E-state index is 12.6. The van der Waals surface area contributed by atoms with Gasteiger partial charge in [0.2, 0.25) is 5.91 Å². The van der Waals surface area contributed by atoms with E-state index in [4.69, 9.17) is 9.73 Å². The molecule has 1 unspecified atom stereocenters. The zero-order chi connectivity index (χ0) is 21.9. The summed E-state index contributed by atoms with van der Waals surface area (Å²) in [5.41, 5.74) is 1.13. The normalized spacial score (nSPS) is 15.9. The molecule has 1 fully saturated rings. The molecule has 1 aliphatic rings. The second-order valence-electron chi connectivity index (χ2n) is 8.17. The fraction of sp³-hybridized carbons (Fsp3) is 0.667. The van der Waals surface area contributed by atoms with Crippen molar-refractivity contribution in [1.29, 1.82) is 0 Å². The predicted molar refractivity (Wildman–Crippen MR) is 139 cm³/mol. The molecule has 1 saturated heterocycles. The molecule has 0 aromatic heterocycles. The number of guanidine groups is 1. The van der Waals surface area contributed by atoms with Gasteiger partial charge in [0.05, 0.1) is 6.54 Å². The number of nitrogens with one attached hydrogen (secondary N) is 2. The van der Waals surface area contributed by atoms with Gasteiger partial charge in [-0.25, -0.2) is 4.99 Å². The van der Waals surface area contributed by atoms with Gasteiger partial charge in [0, 0.05) is 31.6 Å². The van der Waals surface area contributed by atoms with E-state index in [1.807, 2.05) is 30.0 Å². The largest absolute Gasteiger partial charge is 0.489 e. The summed E-state index contributed by atoms with van der Waals surface area (Å²) in [5, 5.41) is 6.88. The topological polar surface area (TPSA) is 66.0 Å². The molecule has 0 spiro atoms. The van der Waals surface area contributed by atoms with Crippen LogP contribution in [0.1, 0.15) is 58.9 Å². The number of carbonyl (C=O) groups excluding carboxylic acids is 1. The SMILES string of the molecule is CCNC(=NCC(C)Oc1ccccc1C)NC1CCN(C(=O)C(CC)CC)CC1.I. The Kier molecular flexibility index (Phi) is 12.9. The van der Waals surface area contributed by atoms with Crippen molar-refractivity contribution in [3.8, 4) is 5.75 Å². The molecule has 0 saturated carbocycles. The number of likely N-dealkylation sites (tertiary alicyclic amines) is 1. The number of halogens is 1. The Morgan fingerprint density at radius 2 is 1.84 bits per heavy atom. The summed E-state index contributed by atoms with van der Waals surface area (Å²) >= 11 is 0. The van der Waals surface area contributed by atoms with Crippen LogP contribution in [0.15, 0.2) is 29.3 Å². The number of aliphatic imine (C=N–C) groups is 1. The molecule has 1 atom stereocenters. The number of hydrogen-bond donors (Lipinski definition) is 2. The maximum Gasteiger partial charge on any atom is 0.225 e. The lowest BCUT2D eigenvalue weighted by molar-refractivity contribution is -0.136. The molecule has 0 aliphatic carbocycles. The molecule has 176 valence electrons. The molecule has 0 radical (unpaired) electrons. The molecule has 1 aliphatic heterocycles. The second-order valence-corrected chi connectivity index (χ2v) is 8.17. The van der Waals surface area contributed by atoms with Crippen LogP contribution in [0.5, 0.6) is 5.75 Å². The molecule has 1 amide bonds. The summed E-state index contributed by atoms with van der Waals surface area (Å²) in [6.45, 7) is 13.4. The van der Waals surface area contributed by atoms with Crippen LogP contribution in [0.25, 0.3) is 0 Å². The van der Waals surface area contributed by atoms with Crippen LogP contribution in [0.3, 0.4) is 0 Å². The van der Waals surface area contributed by atoms with Crippen LogP contribution in [0, 0.1) is 12.8 Å². The fourth-order valence-corrected chi connectivity index (χ4v) is 3.82. The van der Waals surface area contributed by atoms with E-state index >= 15 is 0 Å². The highest BCUT2D eigenvalue weighted by Crippen LogP contribution is 2.18. The van der Waals surface area contributed by atoms with Gasteiger partial charge in [0.1, 0.15) is 11.9 Å². The summed E-state index contributed by atoms with van der Waals surface area (Å²) in [6.07, 6.45) is 3.74. The molecule has 2 rings (SSSR count). The minimum absolute atomic E-state index is 0. The number of hydrogen-bond acceptors (Lipinski definition) is 3. The average molecular weight is 545 g/mol. The number of aryl methyl sites for hydroxylation is 1. The molecule has 1 aromatic carbocycles. The van der Waals surface area contributed by atoms with E-state index in [0.717, 1.165) is 62.6 Å². The monoisotopic (exact) mass is 544 g/mol. The van der Waals surface area contributed by atoms with Gasteiger partial charge in [-0.1, -0.05) is 32.0 Å². The van der Waals surface area contributed by atoms with Gasteiger partial charge in [-0.05, 0) is 58.1 Å². The van der Waals surface area contributed by atoms with E-state index in [1.54, 1.807) is 0 Å². The predicted octanol–water partition coefficient (Wildman–Crippen LogP) is 4.36. The maximum absolute atomic E-state index is 12.6. The third-order valence-corrected chi connectivity index (χ3v) is 5.75. The number of para-hydroxylation sites is 1. The Morgan fingerprint density at radius 3 is 2.42 bits per heavy atom. The number of amides is 1. The van der Waals surface area contributed by atoms with Crippen molar-refractivity contribution >= 4 is 35.8 Å². The number of piperidine rings is 1. The van der Waals surface area contributed by atoms with Crippen molar-refractivity contribution in [1.82, 2.24) is 15.5 Å². The van der Waals surface area contributed by atoms with E-state index < -0.39 is 0 Å². The first-order valence-electron chi connectivity index (χ1n) is 11.5. The van der Waals surface area contributed by atoms with E-state index in [-0.39, 0.29) is 36.0 Å². The summed E-state index contributed by atoms with van der Waals surface area (Å²) in [4.78, 5) is 19.4. The summed E-state index contributed by atoms with van der Waals surface area (Å²) < 4.78 is 6.04. The third kappa shape index (κ3) is 8.86. The average Bonchev–Trinajstić information content (AvgIpc) is 2.75. The lowest BCUT2D eigenvalue weighted by Gasteiger charge is -2.35. The van der Waals surface area contributed by atoms with Crippen molar-refractivity contribution in [3.05, 3.63) is 29.8 Å². The highest BCUT2D eigenvalue weighted by molar-refractivity contribution is 14.0. The van der Waals surface area contributed by atoms with E-state index in [1.165, 1.54) is 0 Å². The summed E-state index contributed by atoms with van der Waals surface area (Å²) in [6, 6.07) is 8.39. The molecule has 1 aromatic rings. The minimum Gasteiger partial charge on any atom is -0.489 e. The first-order chi connectivity index (χ1) is 14.5. The van der Waals surface area contributed by atoms with Crippen LogP contribution >= 0.6 is 24.0 Å². The molecule has 0 bridgehead atoms. The van der Waals surface area contributed by atoms with Crippen LogP contribution in [-0.4, -0.2) is 55.1 Å². The van der Waals surface area contributed by atoms with Crippen LogP contribution < -0.4 is 15.4 Å². The molecule has 7 heteroatoms. The van der Waals surface area contributed by atoms with Crippen molar-refractivity contribution in [2.45, 2.75) is 72.4 Å². The molecule has 2 N–H and O–H groups in total. The van der Waals surface area contributed by atoms with E-state index in [0.29, 0.717) is 18.5 Å². The zero-order valence-electron chi connectivity index (χ0n) is 19.8. The number of benzene rings is 1. The van der Waals surface area contributed by atoms with Gasteiger partial charge in [0.15, 0.2) is 5.96 Å². The fourth-order valence-electron chi connectivity index (χ4n) is 3.82. The molecular formula is C24H41IN4O2. The van der Waals surface area contributed by atoms with Gasteiger partial charge in [0.25, 0.3) is 0 Å². The highest BCUT2D eigenvalue weighted by Gasteiger charge is 2.26. The van der Waals surface area contributed by atoms with E-state index in [2.05, 4.69) is 44.4 Å². The van der Waals surface area contributed by atoms with Crippen molar-refractivity contribution in [2.75, 3.05) is 26.2 Å². The Labute approximate surface area is 205 Å². The molecule has 31 heavy (non-hydrogen) atoms. The summed E-state index contributed by atoms with van der Waals surface area (Å²) in [5.74, 6) is 2.22. The van der Waals surface area contributed by atoms with Crippen LogP contribution in [0.2, 0.25) is 0 Å². The zero-order valence-corrected chi connectivity index (χ0v) is 22.1. The van der Waals surface area contributed by atoms with Gasteiger partial charge in [-0.15, -0.1) is 24.0 Å². The van der Waals surface area contributed by atoms with E-state index in [9.17, 15) is 4.79 Å². The first-order valence-corrected chi connectivity index (χ1v) is 11.5. The molecule has 6 nitrogen and oxygen atoms in total. The van der Waals surface area contributed by atoms with Gasteiger partial charge < -0.3 is 20.3 Å². The molecular weight excluding hydrogens is 503 g/mol. The second kappa shape index (κ2) is 14.5. The number of carbonyl (C=O) groups is 1. The van der Waals surface area contributed by atoms with Gasteiger partial charge >= 0.3 is 0 Å². The van der Waals surface area contributed by atoms with Crippen molar-refractivity contribution < 1.29 is 9.53 Å². The summed E-state index contributed by atoms with van der Waals surface area (Å²) in [7, 11) is 0. The van der Waals surface area contributed by atoms with Crippen molar-refractivity contribution in [3.63, 3.8) is 0 Å². The lowest BCUT2D eigenvalue weighted by atomic mass is 9.98. The third-order valence-electron chi connectivity index (χ3n) is 5.75. The van der Waals surface area contributed by atoms with Crippen molar-refractivity contribution in [2.24, 2.45) is 10.9 Å². The highest BCUT2D eigenvalue weighted by atomic mass is 127. The smallest absolute Gasteiger partial charge is 0.225 e. The first kappa shape index (κ1) is 27.5. The van der Waals surface area contributed by atoms with Crippen LogP contribution in [0.4, 0.5) is 0 Å². The molecule has 1 heterocycles. The lowest BCUT2D eigenvalue weighted by Crippen LogP contribution is -2.50.